The summed E-state index contributed by atoms with van der Waals surface area (Å²) in [4.78, 5) is 18.4. The summed E-state index contributed by atoms with van der Waals surface area (Å²) in [6.45, 7) is 6.25. The molecule has 0 bridgehead atoms. The topological polar surface area (TPSA) is 66.0 Å². The third-order valence-electron chi connectivity index (χ3n) is 5.56. The first-order chi connectivity index (χ1) is 13.0. The molecular formula is C21H33IN4O2. The minimum absolute atomic E-state index is 0. The Bertz CT molecular complexity index is 683. The summed E-state index contributed by atoms with van der Waals surface area (Å²) in [5.41, 5.74) is 1.33. The first-order valence-corrected chi connectivity index (χ1v) is 9.98. The van der Waals surface area contributed by atoms with Gasteiger partial charge < -0.3 is 20.3 Å². The van der Waals surface area contributed by atoms with Crippen LogP contribution in [0.25, 0.3) is 0 Å². The zero-order valence-corrected chi connectivity index (χ0v) is 19.5. The highest BCUT2D eigenvalue weighted by Crippen LogP contribution is 2.35. The summed E-state index contributed by atoms with van der Waals surface area (Å²) >= 11 is 0. The van der Waals surface area contributed by atoms with E-state index in [2.05, 4.69) is 29.5 Å². The Balaban J connectivity index is 0.00000280. The average Bonchev–Trinajstić information content (AvgIpc) is 2.67. The fourth-order valence-electron chi connectivity index (χ4n) is 3.77. The number of carbonyl (C=O) groups excluding carboxylic acids is 1. The lowest BCUT2D eigenvalue weighted by atomic mass is 9.75. The van der Waals surface area contributed by atoms with Crippen LogP contribution in [0.5, 0.6) is 5.75 Å². The second-order valence-corrected chi connectivity index (χ2v) is 8.24. The number of fused-ring (bicyclic) bond motifs is 1. The van der Waals surface area contributed by atoms with E-state index in [0.717, 1.165) is 30.4 Å². The number of nitrogens with one attached hydrogen (secondary N) is 2. The van der Waals surface area contributed by atoms with Crippen LogP contribution in [0.15, 0.2) is 29.3 Å². The second-order valence-electron chi connectivity index (χ2n) is 8.24. The number of nitrogens with zero attached hydrogens (tertiary/aromatic N) is 2. The Labute approximate surface area is 185 Å². The Hall–Kier alpha value is -1.51. The molecule has 0 spiro atoms. The number of hydrogen-bond donors (Lipinski definition) is 2. The van der Waals surface area contributed by atoms with Crippen molar-refractivity contribution in [3.63, 3.8) is 0 Å². The number of carbonyl (C=O) groups is 1. The predicted octanol–water partition coefficient (Wildman–Crippen LogP) is 3.55. The Morgan fingerprint density at radius 1 is 1.29 bits per heavy atom. The van der Waals surface area contributed by atoms with E-state index in [-0.39, 0.29) is 36.5 Å². The lowest BCUT2D eigenvalue weighted by Crippen LogP contribution is -2.46. The Morgan fingerprint density at radius 3 is 2.71 bits per heavy atom. The minimum atomic E-state index is 0. The number of halogens is 1. The molecule has 2 aliphatic rings. The molecule has 0 radical (unpaired) electrons. The van der Waals surface area contributed by atoms with Gasteiger partial charge in [0.25, 0.3) is 5.91 Å². The molecule has 1 aromatic rings. The lowest BCUT2D eigenvalue weighted by Gasteiger charge is -2.35. The molecule has 7 heteroatoms. The van der Waals surface area contributed by atoms with Crippen LogP contribution in [0.1, 0.15) is 46.0 Å². The first-order valence-electron chi connectivity index (χ1n) is 9.98. The van der Waals surface area contributed by atoms with Crippen LogP contribution in [0.3, 0.4) is 0 Å². The first kappa shape index (κ1) is 22.8. The molecule has 6 nitrogen and oxygen atoms in total. The fourth-order valence-corrected chi connectivity index (χ4v) is 3.77. The normalized spacial score (nSPS) is 19.3. The molecule has 0 unspecified atom stereocenters. The Kier molecular flexibility index (Phi) is 8.39. The van der Waals surface area contributed by atoms with Gasteiger partial charge in [-0.2, -0.15) is 0 Å². The number of amides is 1. The van der Waals surface area contributed by atoms with Crippen LogP contribution in [-0.2, 0) is 4.79 Å². The van der Waals surface area contributed by atoms with Gasteiger partial charge in [0, 0.05) is 26.2 Å². The molecule has 2 N–H and O–H groups in total. The SMILES string of the molecule is CN=C(NCCCN1C(=O)COc2ccccc21)NC1CCC(C)(C)CC1.I. The number of ether oxygens (including phenoxy) is 1. The van der Waals surface area contributed by atoms with Crippen LogP contribution in [0, 0.1) is 5.41 Å². The summed E-state index contributed by atoms with van der Waals surface area (Å²) in [6.07, 6.45) is 5.72. The molecule has 28 heavy (non-hydrogen) atoms. The zero-order chi connectivity index (χ0) is 19.3. The molecule has 1 heterocycles. The van der Waals surface area contributed by atoms with E-state index in [0.29, 0.717) is 18.0 Å². The number of rotatable bonds is 5. The van der Waals surface area contributed by atoms with Crippen LogP contribution in [0.4, 0.5) is 5.69 Å². The van der Waals surface area contributed by atoms with Gasteiger partial charge in [-0.15, -0.1) is 24.0 Å². The molecule has 3 rings (SSSR count). The minimum Gasteiger partial charge on any atom is -0.482 e. The molecule has 1 fully saturated rings. The van der Waals surface area contributed by atoms with Crippen molar-refractivity contribution in [2.45, 2.75) is 52.0 Å². The van der Waals surface area contributed by atoms with Gasteiger partial charge in [0.15, 0.2) is 12.6 Å². The summed E-state index contributed by atoms with van der Waals surface area (Å²) in [6, 6.07) is 8.20. The van der Waals surface area contributed by atoms with Crippen molar-refractivity contribution in [3.8, 4) is 5.75 Å². The number of anilines is 1. The van der Waals surface area contributed by atoms with Crippen molar-refractivity contribution in [2.75, 3.05) is 31.6 Å². The maximum Gasteiger partial charge on any atom is 0.265 e. The van der Waals surface area contributed by atoms with Crippen molar-refractivity contribution in [1.29, 1.82) is 0 Å². The molecule has 1 amide bonds. The highest BCUT2D eigenvalue weighted by Gasteiger charge is 2.27. The van der Waals surface area contributed by atoms with Gasteiger partial charge in [-0.1, -0.05) is 26.0 Å². The summed E-state index contributed by atoms with van der Waals surface area (Å²) in [5, 5.41) is 6.93. The largest absolute Gasteiger partial charge is 0.482 e. The molecule has 0 aromatic heterocycles. The summed E-state index contributed by atoms with van der Waals surface area (Å²) in [7, 11) is 1.81. The maximum absolute atomic E-state index is 12.2. The smallest absolute Gasteiger partial charge is 0.265 e. The van der Waals surface area contributed by atoms with E-state index < -0.39 is 0 Å². The van der Waals surface area contributed by atoms with Crippen molar-refractivity contribution < 1.29 is 9.53 Å². The quantitative estimate of drug-likeness (QED) is 0.281. The Morgan fingerprint density at radius 2 is 2.00 bits per heavy atom. The van der Waals surface area contributed by atoms with E-state index in [1.165, 1.54) is 25.7 Å². The van der Waals surface area contributed by atoms with E-state index in [4.69, 9.17) is 4.74 Å². The second kappa shape index (κ2) is 10.3. The monoisotopic (exact) mass is 500 g/mol. The van der Waals surface area contributed by atoms with Gasteiger partial charge in [-0.25, -0.2) is 0 Å². The highest BCUT2D eigenvalue weighted by molar-refractivity contribution is 14.0. The predicted molar refractivity (Wildman–Crippen MR) is 125 cm³/mol. The van der Waals surface area contributed by atoms with Gasteiger partial charge >= 0.3 is 0 Å². The van der Waals surface area contributed by atoms with Gasteiger partial charge in [0.05, 0.1) is 5.69 Å². The van der Waals surface area contributed by atoms with E-state index in [1.807, 2.05) is 36.2 Å². The van der Waals surface area contributed by atoms with Crippen molar-refractivity contribution in [1.82, 2.24) is 10.6 Å². The van der Waals surface area contributed by atoms with Crippen molar-refractivity contribution in [3.05, 3.63) is 24.3 Å². The number of hydrogen-bond acceptors (Lipinski definition) is 3. The zero-order valence-electron chi connectivity index (χ0n) is 17.2. The molecule has 156 valence electrons. The molecular weight excluding hydrogens is 467 g/mol. The van der Waals surface area contributed by atoms with Gasteiger partial charge in [-0.3, -0.25) is 9.79 Å². The van der Waals surface area contributed by atoms with Crippen molar-refractivity contribution in [2.24, 2.45) is 10.4 Å². The summed E-state index contributed by atoms with van der Waals surface area (Å²) in [5.74, 6) is 1.65. The number of benzene rings is 1. The number of para-hydroxylation sites is 2. The summed E-state index contributed by atoms with van der Waals surface area (Å²) < 4.78 is 5.49. The van der Waals surface area contributed by atoms with Crippen LogP contribution >= 0.6 is 24.0 Å². The molecule has 1 aliphatic carbocycles. The number of aliphatic imine (C=N–C) groups is 1. The maximum atomic E-state index is 12.2. The van der Waals surface area contributed by atoms with Gasteiger partial charge in [0.1, 0.15) is 5.75 Å². The highest BCUT2D eigenvalue weighted by atomic mass is 127. The number of guanidine groups is 1. The van der Waals surface area contributed by atoms with Crippen LogP contribution in [0.2, 0.25) is 0 Å². The van der Waals surface area contributed by atoms with E-state index in [9.17, 15) is 4.79 Å². The molecule has 1 aliphatic heterocycles. The van der Waals surface area contributed by atoms with E-state index in [1.54, 1.807) is 0 Å². The fraction of sp³-hybridized carbons (Fsp3) is 0.619. The third-order valence-corrected chi connectivity index (χ3v) is 5.56. The lowest BCUT2D eigenvalue weighted by molar-refractivity contribution is -0.121. The molecule has 1 saturated carbocycles. The van der Waals surface area contributed by atoms with Crippen LogP contribution in [-0.4, -0.2) is 44.7 Å². The van der Waals surface area contributed by atoms with Crippen molar-refractivity contribution >= 4 is 41.5 Å². The van der Waals surface area contributed by atoms with Gasteiger partial charge in [-0.05, 0) is 49.7 Å². The molecule has 0 atom stereocenters. The van der Waals surface area contributed by atoms with Gasteiger partial charge in [0.2, 0.25) is 0 Å². The molecule has 0 saturated heterocycles. The third kappa shape index (κ3) is 5.99. The van der Waals surface area contributed by atoms with Crippen LogP contribution < -0.4 is 20.3 Å². The average molecular weight is 500 g/mol. The molecule has 1 aromatic carbocycles. The van der Waals surface area contributed by atoms with E-state index >= 15 is 0 Å². The standard InChI is InChI=1S/C21H32N4O2.HI/c1-21(2)11-9-16(10-12-21)24-20(22-3)23-13-6-14-25-17-7-4-5-8-18(17)27-15-19(25)26;/h4-5,7-8,16H,6,9-15H2,1-3H3,(H2,22,23,24);1H.